The maximum Gasteiger partial charge on any atom is -0.0286 e. The Labute approximate surface area is 176 Å². The van der Waals surface area contributed by atoms with Crippen LogP contribution in [0.25, 0.3) is 0 Å². The highest BCUT2D eigenvalue weighted by atomic mass is 14.3. The molecule has 0 radical (unpaired) electrons. The van der Waals surface area contributed by atoms with Crippen molar-refractivity contribution in [1.82, 2.24) is 0 Å². The number of hydrogen-bond donors (Lipinski definition) is 0. The predicted molar refractivity (Wildman–Crippen MR) is 125 cm³/mol. The third-order valence-electron chi connectivity index (χ3n) is 8.62. The van der Waals surface area contributed by atoms with Gasteiger partial charge in [0, 0.05) is 0 Å². The summed E-state index contributed by atoms with van der Waals surface area (Å²) in [7, 11) is 0. The highest BCUT2D eigenvalue weighted by molar-refractivity contribution is 5.08. The molecule has 2 fully saturated rings. The van der Waals surface area contributed by atoms with Gasteiger partial charge in [0.15, 0.2) is 0 Å². The first-order valence-electron chi connectivity index (χ1n) is 13.1. The fourth-order valence-corrected chi connectivity index (χ4v) is 6.64. The Morgan fingerprint density at radius 2 is 1.39 bits per heavy atom. The normalized spacial score (nSPS) is 34.5. The molecule has 160 valence electrons. The molecule has 0 aliphatic heterocycles. The largest absolute Gasteiger partial charge is 0.0917 e. The topological polar surface area (TPSA) is 0 Å². The van der Waals surface area contributed by atoms with Gasteiger partial charge in [0.1, 0.15) is 0 Å². The number of hydrogen-bond acceptors (Lipinski definition) is 0. The molecule has 3 rings (SSSR count). The first-order valence-corrected chi connectivity index (χ1v) is 13.1. The summed E-state index contributed by atoms with van der Waals surface area (Å²) in [5, 5.41) is 0. The summed E-state index contributed by atoms with van der Waals surface area (Å²) in [6.45, 7) is 4.50. The molecule has 0 aromatic carbocycles. The van der Waals surface area contributed by atoms with E-state index in [-0.39, 0.29) is 0 Å². The van der Waals surface area contributed by atoms with Crippen molar-refractivity contribution in [2.75, 3.05) is 0 Å². The van der Waals surface area contributed by atoms with Crippen LogP contribution in [0.4, 0.5) is 0 Å². The third kappa shape index (κ3) is 7.07. The van der Waals surface area contributed by atoms with Gasteiger partial charge in [-0.15, -0.1) is 0 Å². The van der Waals surface area contributed by atoms with Crippen LogP contribution in [0.2, 0.25) is 0 Å². The Bertz CT molecular complexity index is 468. The van der Waals surface area contributed by atoms with Crippen LogP contribution in [0.3, 0.4) is 0 Å². The fourth-order valence-electron chi connectivity index (χ4n) is 6.64. The highest BCUT2D eigenvalue weighted by Gasteiger charge is 2.29. The molecule has 0 amide bonds. The Kier molecular flexibility index (Phi) is 9.69. The van der Waals surface area contributed by atoms with Crippen LogP contribution in [0, 0.1) is 29.6 Å². The van der Waals surface area contributed by atoms with Gasteiger partial charge in [0.25, 0.3) is 0 Å². The fraction of sp³-hybridized carbons (Fsp3) is 0.857. The van der Waals surface area contributed by atoms with E-state index in [2.05, 4.69) is 32.1 Å². The van der Waals surface area contributed by atoms with Gasteiger partial charge in [-0.2, -0.15) is 0 Å². The molecule has 1 unspecified atom stereocenters. The zero-order valence-corrected chi connectivity index (χ0v) is 19.1. The molecule has 3 aliphatic carbocycles. The first-order chi connectivity index (χ1) is 13.8. The minimum atomic E-state index is 1.01. The lowest BCUT2D eigenvalue weighted by atomic mass is 9.69. The molecule has 0 N–H and O–H groups in total. The van der Waals surface area contributed by atoms with Gasteiger partial charge in [-0.3, -0.25) is 0 Å². The Balaban J connectivity index is 1.29. The Morgan fingerprint density at radius 1 is 0.786 bits per heavy atom. The third-order valence-corrected chi connectivity index (χ3v) is 8.62. The van der Waals surface area contributed by atoms with Crippen LogP contribution in [-0.2, 0) is 0 Å². The molecule has 1 atom stereocenters. The van der Waals surface area contributed by atoms with Gasteiger partial charge < -0.3 is 0 Å². The zero-order valence-electron chi connectivity index (χ0n) is 19.1. The van der Waals surface area contributed by atoms with E-state index < -0.39 is 0 Å². The molecule has 28 heavy (non-hydrogen) atoms. The van der Waals surface area contributed by atoms with Crippen molar-refractivity contribution in [1.29, 1.82) is 0 Å². The number of allylic oxidation sites excluding steroid dienone is 4. The molecule has 0 spiro atoms. The van der Waals surface area contributed by atoms with Crippen molar-refractivity contribution < 1.29 is 0 Å². The van der Waals surface area contributed by atoms with Gasteiger partial charge in [-0.05, 0) is 81.5 Å². The van der Waals surface area contributed by atoms with E-state index in [1.807, 2.05) is 0 Å². The quantitative estimate of drug-likeness (QED) is 0.347. The summed E-state index contributed by atoms with van der Waals surface area (Å²) in [5.74, 6) is 5.29. The summed E-state index contributed by atoms with van der Waals surface area (Å²) < 4.78 is 0. The zero-order chi connectivity index (χ0) is 19.6. The Morgan fingerprint density at radius 3 is 1.93 bits per heavy atom. The monoisotopic (exact) mass is 384 g/mol. The van der Waals surface area contributed by atoms with Crippen LogP contribution >= 0.6 is 0 Å². The van der Waals surface area contributed by atoms with Crippen LogP contribution in [0.5, 0.6) is 0 Å². The summed E-state index contributed by atoms with van der Waals surface area (Å²) in [6.07, 6.45) is 32.3. The molecular formula is C28H48. The summed E-state index contributed by atoms with van der Waals surface area (Å²) in [6, 6.07) is 0. The summed E-state index contributed by atoms with van der Waals surface area (Å²) in [5.41, 5.74) is 1.75. The molecule has 0 aromatic rings. The van der Waals surface area contributed by atoms with Crippen molar-refractivity contribution in [3.05, 3.63) is 23.8 Å². The van der Waals surface area contributed by atoms with Crippen molar-refractivity contribution in [3.63, 3.8) is 0 Å². The van der Waals surface area contributed by atoms with E-state index >= 15 is 0 Å². The molecule has 0 aromatic heterocycles. The van der Waals surface area contributed by atoms with E-state index in [0.717, 1.165) is 29.6 Å². The second kappa shape index (κ2) is 12.2. The van der Waals surface area contributed by atoms with Gasteiger partial charge in [0.05, 0.1) is 0 Å². The van der Waals surface area contributed by atoms with E-state index in [1.165, 1.54) is 57.8 Å². The van der Waals surface area contributed by atoms with Gasteiger partial charge in [-0.25, -0.2) is 0 Å². The minimum Gasteiger partial charge on any atom is -0.0917 e. The van der Waals surface area contributed by atoms with Crippen molar-refractivity contribution in [2.24, 2.45) is 29.6 Å². The SMILES string of the molecule is CC=CCCC1=CCC(C2CCC(CCC3CCC(CCC)CC3)CC2)CC1. The second-order valence-electron chi connectivity index (χ2n) is 10.5. The molecule has 3 aliphatic rings. The number of rotatable bonds is 9. The first kappa shape index (κ1) is 22.2. The van der Waals surface area contributed by atoms with Crippen LogP contribution in [0.1, 0.15) is 123 Å². The van der Waals surface area contributed by atoms with E-state index in [9.17, 15) is 0 Å². The lowest BCUT2D eigenvalue weighted by Crippen LogP contribution is -2.24. The molecular weight excluding hydrogens is 336 g/mol. The Hall–Kier alpha value is -0.520. The van der Waals surface area contributed by atoms with Gasteiger partial charge in [0.2, 0.25) is 0 Å². The van der Waals surface area contributed by atoms with Crippen molar-refractivity contribution in [2.45, 2.75) is 123 Å². The van der Waals surface area contributed by atoms with Crippen LogP contribution in [0.15, 0.2) is 23.8 Å². The molecule has 0 nitrogen and oxygen atoms in total. The van der Waals surface area contributed by atoms with Gasteiger partial charge in [-0.1, -0.05) is 94.9 Å². The average Bonchev–Trinajstić information content (AvgIpc) is 2.75. The average molecular weight is 385 g/mol. The lowest BCUT2D eigenvalue weighted by molar-refractivity contribution is 0.173. The predicted octanol–water partition coefficient (Wildman–Crippen LogP) is 9.26. The molecule has 0 heteroatoms. The van der Waals surface area contributed by atoms with Crippen molar-refractivity contribution in [3.8, 4) is 0 Å². The van der Waals surface area contributed by atoms with E-state index in [4.69, 9.17) is 0 Å². The maximum absolute atomic E-state index is 2.62. The van der Waals surface area contributed by atoms with Gasteiger partial charge >= 0.3 is 0 Å². The molecule has 0 heterocycles. The summed E-state index contributed by atoms with van der Waals surface area (Å²) in [4.78, 5) is 0. The van der Waals surface area contributed by atoms with Crippen LogP contribution < -0.4 is 0 Å². The van der Waals surface area contributed by atoms with E-state index in [0.29, 0.717) is 0 Å². The highest BCUT2D eigenvalue weighted by Crippen LogP contribution is 2.42. The maximum atomic E-state index is 2.62. The minimum absolute atomic E-state index is 1.01. The lowest BCUT2D eigenvalue weighted by Gasteiger charge is -2.36. The second-order valence-corrected chi connectivity index (χ2v) is 10.5. The smallest absolute Gasteiger partial charge is 0.0286 e. The standard InChI is InChI=1S/C28H48/c1-3-5-6-8-24-15-19-27(20-16-24)28-21-17-26(18-22-28)14-13-25-11-9-23(7-4-2)10-12-25/h3,5,15,23,25-28H,4,6-14,16-22H2,1-2H3. The van der Waals surface area contributed by atoms with E-state index in [1.54, 1.807) is 56.9 Å². The van der Waals surface area contributed by atoms with Crippen molar-refractivity contribution >= 4 is 0 Å². The molecule has 0 saturated heterocycles. The molecule has 0 bridgehead atoms. The van der Waals surface area contributed by atoms with Crippen LogP contribution in [-0.4, -0.2) is 0 Å². The summed E-state index contributed by atoms with van der Waals surface area (Å²) >= 11 is 0. The molecule has 2 saturated carbocycles.